The summed E-state index contributed by atoms with van der Waals surface area (Å²) in [5.41, 5.74) is 1.73. The quantitative estimate of drug-likeness (QED) is 0.339. The number of carbonyl (C=O) groups excluding carboxylic acids is 1. The molecule has 1 amide bonds. The van der Waals surface area contributed by atoms with Crippen LogP contribution in [0, 0.1) is 23.2 Å². The van der Waals surface area contributed by atoms with Crippen LogP contribution in [0.4, 0.5) is 5.82 Å². The number of benzene rings is 2. The fourth-order valence-electron chi connectivity index (χ4n) is 5.86. The molecule has 0 bridgehead atoms. The predicted octanol–water partition coefficient (Wildman–Crippen LogP) is 6.58. The molecule has 2 aliphatic rings. The summed E-state index contributed by atoms with van der Waals surface area (Å²) in [6.45, 7) is 5.05. The third-order valence-electron chi connectivity index (χ3n) is 8.06. The number of amides is 1. The number of aromatic nitrogens is 1. The van der Waals surface area contributed by atoms with Crippen molar-refractivity contribution >= 4 is 34.9 Å². The van der Waals surface area contributed by atoms with E-state index >= 15 is 0 Å². The summed E-state index contributed by atoms with van der Waals surface area (Å²) in [6, 6.07) is 21.2. The van der Waals surface area contributed by atoms with Gasteiger partial charge in [0.05, 0.1) is 11.7 Å². The number of nitriles is 1. The molecule has 0 radical (unpaired) electrons. The average Bonchev–Trinajstić information content (AvgIpc) is 2.98. The van der Waals surface area contributed by atoms with Crippen LogP contribution in [-0.2, 0) is 4.79 Å². The Bertz CT molecular complexity index is 1300. The van der Waals surface area contributed by atoms with E-state index in [1.165, 1.54) is 5.56 Å². The lowest BCUT2D eigenvalue weighted by atomic mass is 9.77. The number of nitrogens with zero attached hydrogens (tertiary/aromatic N) is 4. The lowest BCUT2D eigenvalue weighted by Crippen LogP contribution is -2.49. The van der Waals surface area contributed by atoms with Gasteiger partial charge in [-0.3, -0.25) is 4.79 Å². The van der Waals surface area contributed by atoms with Crippen LogP contribution in [0.25, 0.3) is 0 Å². The van der Waals surface area contributed by atoms with Gasteiger partial charge in [0.2, 0.25) is 5.91 Å². The molecule has 5 rings (SSSR count). The second kappa shape index (κ2) is 12.3. The van der Waals surface area contributed by atoms with Crippen molar-refractivity contribution in [3.63, 3.8) is 0 Å². The number of hydrogen-bond acceptors (Lipinski definition) is 5. The van der Waals surface area contributed by atoms with Crippen LogP contribution in [0.3, 0.4) is 0 Å². The molecule has 2 fully saturated rings. The molecular weight excluding hydrogens is 531 g/mol. The first-order chi connectivity index (χ1) is 18.9. The summed E-state index contributed by atoms with van der Waals surface area (Å²) in [5.74, 6) is 2.29. The first-order valence-corrected chi connectivity index (χ1v) is 14.2. The lowest BCUT2D eigenvalue weighted by molar-refractivity contribution is -0.138. The van der Waals surface area contributed by atoms with Crippen molar-refractivity contribution in [3.8, 4) is 11.8 Å². The number of pyridine rings is 1. The van der Waals surface area contributed by atoms with Crippen LogP contribution in [0.2, 0.25) is 10.0 Å². The second-order valence-electron chi connectivity index (χ2n) is 10.4. The Morgan fingerprint density at radius 2 is 1.64 bits per heavy atom. The fraction of sp³-hybridized carbons (Fsp3) is 0.387. The molecular formula is C31H32Cl2N4O2. The maximum absolute atomic E-state index is 13.7. The van der Waals surface area contributed by atoms with Crippen LogP contribution < -0.4 is 9.64 Å². The Hall–Kier alpha value is -3.27. The maximum atomic E-state index is 13.7. The summed E-state index contributed by atoms with van der Waals surface area (Å²) in [6.07, 6.45) is 4.02. The highest BCUT2D eigenvalue weighted by Crippen LogP contribution is 2.38. The van der Waals surface area contributed by atoms with E-state index in [1.807, 2.05) is 42.5 Å². The number of hydrogen-bond donors (Lipinski definition) is 0. The van der Waals surface area contributed by atoms with Crippen molar-refractivity contribution in [2.24, 2.45) is 11.8 Å². The first kappa shape index (κ1) is 27.3. The molecule has 1 aromatic heterocycles. The monoisotopic (exact) mass is 562 g/mol. The smallest absolute Gasteiger partial charge is 0.225 e. The summed E-state index contributed by atoms with van der Waals surface area (Å²) in [5, 5.41) is 10.4. The van der Waals surface area contributed by atoms with Crippen molar-refractivity contribution < 1.29 is 9.53 Å². The van der Waals surface area contributed by atoms with Gasteiger partial charge in [-0.2, -0.15) is 5.26 Å². The molecule has 202 valence electrons. The topological polar surface area (TPSA) is 69.5 Å². The van der Waals surface area contributed by atoms with Crippen molar-refractivity contribution in [2.45, 2.75) is 38.2 Å². The van der Waals surface area contributed by atoms with Crippen LogP contribution >= 0.6 is 23.2 Å². The molecule has 3 atom stereocenters. The van der Waals surface area contributed by atoms with E-state index in [4.69, 9.17) is 33.2 Å². The van der Waals surface area contributed by atoms with Crippen LogP contribution in [0.5, 0.6) is 5.75 Å². The SMILES string of the molecule is CC(Oc1ccc(Cl)cc1)C1CCN(C(=O)C2CCN(c3ccc(C#N)cn3)CC2)CC1c1ccc(Cl)cc1. The first-order valence-electron chi connectivity index (χ1n) is 13.5. The maximum Gasteiger partial charge on any atom is 0.225 e. The highest BCUT2D eigenvalue weighted by molar-refractivity contribution is 6.30. The molecule has 0 N–H and O–H groups in total. The van der Waals surface area contributed by atoms with Gasteiger partial charge in [-0.1, -0.05) is 35.3 Å². The summed E-state index contributed by atoms with van der Waals surface area (Å²) >= 11 is 12.3. The van der Waals surface area contributed by atoms with E-state index in [0.29, 0.717) is 22.2 Å². The van der Waals surface area contributed by atoms with Gasteiger partial charge in [-0.05, 0) is 80.3 Å². The number of piperidine rings is 2. The van der Waals surface area contributed by atoms with Gasteiger partial charge in [0.15, 0.2) is 0 Å². The minimum Gasteiger partial charge on any atom is -0.490 e. The number of halogens is 2. The van der Waals surface area contributed by atoms with E-state index in [-0.39, 0.29) is 29.8 Å². The minimum atomic E-state index is -0.0349. The van der Waals surface area contributed by atoms with Gasteiger partial charge >= 0.3 is 0 Å². The molecule has 8 heteroatoms. The van der Waals surface area contributed by atoms with Gasteiger partial charge in [0.25, 0.3) is 0 Å². The van der Waals surface area contributed by atoms with Gasteiger partial charge in [0.1, 0.15) is 17.6 Å². The Morgan fingerprint density at radius 3 is 2.26 bits per heavy atom. The molecule has 39 heavy (non-hydrogen) atoms. The second-order valence-corrected chi connectivity index (χ2v) is 11.3. The molecule has 0 saturated carbocycles. The third kappa shape index (κ3) is 6.49. The number of likely N-dealkylation sites (tertiary alicyclic amines) is 1. The molecule has 6 nitrogen and oxygen atoms in total. The van der Waals surface area contributed by atoms with Crippen LogP contribution in [0.15, 0.2) is 66.9 Å². The molecule has 2 aliphatic heterocycles. The number of carbonyl (C=O) groups is 1. The van der Waals surface area contributed by atoms with Gasteiger partial charge in [0, 0.05) is 60.2 Å². The zero-order chi connectivity index (χ0) is 27.4. The minimum absolute atomic E-state index is 0.00444. The normalized spacial score (nSPS) is 20.8. The molecule has 3 aromatic rings. The van der Waals surface area contributed by atoms with Crippen LogP contribution in [0.1, 0.15) is 43.2 Å². The van der Waals surface area contributed by atoms with Gasteiger partial charge < -0.3 is 14.5 Å². The molecule has 2 aromatic carbocycles. The highest BCUT2D eigenvalue weighted by atomic mass is 35.5. The summed E-state index contributed by atoms with van der Waals surface area (Å²) in [7, 11) is 0. The van der Waals surface area contributed by atoms with Crippen molar-refractivity contribution in [3.05, 3.63) is 88.0 Å². The number of anilines is 1. The highest BCUT2D eigenvalue weighted by Gasteiger charge is 2.38. The molecule has 2 saturated heterocycles. The van der Waals surface area contributed by atoms with E-state index in [0.717, 1.165) is 50.5 Å². The molecule has 0 spiro atoms. The molecule has 3 heterocycles. The number of rotatable bonds is 6. The zero-order valence-electron chi connectivity index (χ0n) is 22.0. The largest absolute Gasteiger partial charge is 0.490 e. The Kier molecular flexibility index (Phi) is 8.60. The fourth-order valence-corrected chi connectivity index (χ4v) is 6.11. The summed E-state index contributed by atoms with van der Waals surface area (Å²) < 4.78 is 6.35. The van der Waals surface area contributed by atoms with E-state index in [1.54, 1.807) is 12.3 Å². The average molecular weight is 564 g/mol. The van der Waals surface area contributed by atoms with E-state index in [2.05, 4.69) is 39.9 Å². The van der Waals surface area contributed by atoms with Crippen molar-refractivity contribution in [1.82, 2.24) is 9.88 Å². The lowest BCUT2D eigenvalue weighted by Gasteiger charge is -2.43. The zero-order valence-corrected chi connectivity index (χ0v) is 23.5. The predicted molar refractivity (Wildman–Crippen MR) is 154 cm³/mol. The van der Waals surface area contributed by atoms with Crippen LogP contribution in [-0.4, -0.2) is 48.1 Å². The van der Waals surface area contributed by atoms with E-state index in [9.17, 15) is 4.79 Å². The van der Waals surface area contributed by atoms with Crippen molar-refractivity contribution in [1.29, 1.82) is 5.26 Å². The molecule has 0 aliphatic carbocycles. The Morgan fingerprint density at radius 1 is 0.974 bits per heavy atom. The Balaban J connectivity index is 1.25. The third-order valence-corrected chi connectivity index (χ3v) is 8.56. The van der Waals surface area contributed by atoms with Gasteiger partial charge in [-0.15, -0.1) is 0 Å². The Labute approximate surface area is 240 Å². The van der Waals surface area contributed by atoms with Crippen molar-refractivity contribution in [2.75, 3.05) is 31.1 Å². The molecule has 3 unspecified atom stereocenters. The van der Waals surface area contributed by atoms with E-state index < -0.39 is 0 Å². The standard InChI is InChI=1S/C31H32Cl2N4O2/c1-21(39-27-9-7-26(33)8-10-27)28-14-17-37(20-29(28)23-3-5-25(32)6-4-23)31(38)24-12-15-36(16-13-24)30-11-2-22(18-34)19-35-30/h2-11,19,21,24,28-29H,12-17,20H2,1H3. The van der Waals surface area contributed by atoms with Gasteiger partial charge in [-0.25, -0.2) is 4.98 Å². The summed E-state index contributed by atoms with van der Waals surface area (Å²) in [4.78, 5) is 22.4. The number of ether oxygens (including phenoxy) is 1.